The van der Waals surface area contributed by atoms with Gasteiger partial charge in [0.1, 0.15) is 0 Å². The number of rotatable bonds is 5. The summed E-state index contributed by atoms with van der Waals surface area (Å²) in [5.74, 6) is 0. The lowest BCUT2D eigenvalue weighted by Crippen LogP contribution is -2.25. The van der Waals surface area contributed by atoms with E-state index in [1.165, 1.54) is 0 Å². The second-order valence-electron chi connectivity index (χ2n) is 4.22. The molecule has 1 aromatic carbocycles. The van der Waals surface area contributed by atoms with Gasteiger partial charge >= 0.3 is 0 Å². The van der Waals surface area contributed by atoms with E-state index in [9.17, 15) is 8.42 Å². The maximum Gasteiger partial charge on any atom is 0.249 e. The summed E-state index contributed by atoms with van der Waals surface area (Å²) in [4.78, 5) is 0. The van der Waals surface area contributed by atoms with Crippen LogP contribution in [-0.2, 0) is 10.0 Å². The van der Waals surface area contributed by atoms with Gasteiger partial charge in [0.05, 0.1) is 11.8 Å². The Morgan fingerprint density at radius 2 is 2.25 bits per heavy atom. The SMILES string of the molecule is CCC(C#N)S(=O)(=O)Nc1cccc(-c2ccn[nH]2)c1. The second kappa shape index (κ2) is 5.75. The molecular weight excluding hydrogens is 276 g/mol. The summed E-state index contributed by atoms with van der Waals surface area (Å²) in [5, 5.41) is 14.5. The average molecular weight is 290 g/mol. The Balaban J connectivity index is 2.27. The van der Waals surface area contributed by atoms with Crippen molar-refractivity contribution in [3.63, 3.8) is 0 Å². The van der Waals surface area contributed by atoms with Crippen molar-refractivity contribution in [1.29, 1.82) is 5.26 Å². The van der Waals surface area contributed by atoms with Crippen LogP contribution in [0.25, 0.3) is 11.3 Å². The summed E-state index contributed by atoms with van der Waals surface area (Å²) >= 11 is 0. The van der Waals surface area contributed by atoms with E-state index in [1.807, 2.05) is 6.07 Å². The van der Waals surface area contributed by atoms with Crippen LogP contribution in [-0.4, -0.2) is 23.9 Å². The Hall–Kier alpha value is -2.33. The topological polar surface area (TPSA) is 98.6 Å². The molecule has 0 amide bonds. The number of hydrogen-bond acceptors (Lipinski definition) is 4. The minimum absolute atomic E-state index is 0.242. The van der Waals surface area contributed by atoms with Crippen molar-refractivity contribution >= 4 is 15.7 Å². The number of nitrogens with one attached hydrogen (secondary N) is 2. The molecule has 20 heavy (non-hydrogen) atoms. The van der Waals surface area contributed by atoms with Gasteiger partial charge in [-0.05, 0) is 24.6 Å². The number of H-pyrrole nitrogens is 1. The summed E-state index contributed by atoms with van der Waals surface area (Å²) in [5.41, 5.74) is 2.02. The first-order valence-corrected chi connectivity index (χ1v) is 7.62. The zero-order valence-electron chi connectivity index (χ0n) is 10.9. The van der Waals surface area contributed by atoms with Gasteiger partial charge < -0.3 is 0 Å². The molecule has 1 aromatic heterocycles. The lowest BCUT2D eigenvalue weighted by Gasteiger charge is -2.11. The van der Waals surface area contributed by atoms with E-state index in [4.69, 9.17) is 5.26 Å². The molecule has 104 valence electrons. The molecule has 0 aliphatic heterocycles. The zero-order valence-corrected chi connectivity index (χ0v) is 11.7. The number of aromatic nitrogens is 2. The fourth-order valence-corrected chi connectivity index (χ4v) is 2.96. The lowest BCUT2D eigenvalue weighted by molar-refractivity contribution is 0.593. The molecular formula is C13H14N4O2S. The molecule has 0 radical (unpaired) electrons. The third kappa shape index (κ3) is 2.97. The van der Waals surface area contributed by atoms with Gasteiger partial charge in [-0.15, -0.1) is 0 Å². The third-order valence-electron chi connectivity index (χ3n) is 2.82. The van der Waals surface area contributed by atoms with Gasteiger partial charge in [0.25, 0.3) is 0 Å². The first-order valence-electron chi connectivity index (χ1n) is 6.08. The van der Waals surface area contributed by atoms with Gasteiger partial charge in [-0.2, -0.15) is 10.4 Å². The van der Waals surface area contributed by atoms with Crippen molar-refractivity contribution in [1.82, 2.24) is 10.2 Å². The smallest absolute Gasteiger partial charge is 0.249 e. The number of anilines is 1. The predicted octanol–water partition coefficient (Wildman–Crippen LogP) is 2.12. The molecule has 0 bridgehead atoms. The van der Waals surface area contributed by atoms with E-state index < -0.39 is 15.3 Å². The van der Waals surface area contributed by atoms with Crippen molar-refractivity contribution in [2.45, 2.75) is 18.6 Å². The second-order valence-corrected chi connectivity index (χ2v) is 6.09. The molecule has 0 fully saturated rings. The Labute approximate surface area is 117 Å². The number of hydrogen-bond donors (Lipinski definition) is 2. The molecule has 0 saturated heterocycles. The number of nitrogens with zero attached hydrogens (tertiary/aromatic N) is 2. The van der Waals surface area contributed by atoms with Gasteiger partial charge in [0, 0.05) is 17.4 Å². The van der Waals surface area contributed by atoms with E-state index in [2.05, 4.69) is 14.9 Å². The van der Waals surface area contributed by atoms with E-state index in [0.29, 0.717) is 5.69 Å². The fourth-order valence-electron chi connectivity index (χ4n) is 1.78. The Kier molecular flexibility index (Phi) is 4.05. The monoisotopic (exact) mass is 290 g/mol. The predicted molar refractivity (Wildman–Crippen MR) is 76.3 cm³/mol. The molecule has 1 unspecified atom stereocenters. The zero-order chi connectivity index (χ0) is 14.6. The number of sulfonamides is 1. The first-order chi connectivity index (χ1) is 9.56. The molecule has 7 heteroatoms. The number of benzene rings is 1. The molecule has 0 spiro atoms. The van der Waals surface area contributed by atoms with Crippen molar-refractivity contribution < 1.29 is 8.42 Å². The van der Waals surface area contributed by atoms with Crippen LogP contribution in [0.3, 0.4) is 0 Å². The highest BCUT2D eigenvalue weighted by molar-refractivity contribution is 7.93. The standard InChI is InChI=1S/C13H14N4O2S/c1-2-12(9-14)20(18,19)17-11-5-3-4-10(8-11)13-6-7-15-16-13/h3-8,12,17H,2H2,1H3,(H,15,16). The summed E-state index contributed by atoms with van der Waals surface area (Å²) in [6.07, 6.45) is 1.86. The highest BCUT2D eigenvalue weighted by Gasteiger charge is 2.23. The van der Waals surface area contributed by atoms with Crippen molar-refractivity contribution in [2.75, 3.05) is 4.72 Å². The number of nitriles is 1. The summed E-state index contributed by atoms with van der Waals surface area (Å²) in [6, 6.07) is 10.5. The van der Waals surface area contributed by atoms with Crippen LogP contribution in [0.4, 0.5) is 5.69 Å². The van der Waals surface area contributed by atoms with Gasteiger partial charge in [-0.1, -0.05) is 19.1 Å². The van der Waals surface area contributed by atoms with Crippen molar-refractivity contribution in [3.8, 4) is 17.3 Å². The van der Waals surface area contributed by atoms with Crippen LogP contribution in [0.15, 0.2) is 36.5 Å². The van der Waals surface area contributed by atoms with Crippen LogP contribution in [0, 0.1) is 11.3 Å². The van der Waals surface area contributed by atoms with E-state index in [-0.39, 0.29) is 6.42 Å². The quantitative estimate of drug-likeness (QED) is 0.881. The molecule has 2 rings (SSSR count). The molecule has 2 N–H and O–H groups in total. The van der Waals surface area contributed by atoms with Crippen molar-refractivity contribution in [3.05, 3.63) is 36.5 Å². The van der Waals surface area contributed by atoms with E-state index in [1.54, 1.807) is 43.5 Å². The average Bonchev–Trinajstić information content (AvgIpc) is 2.93. The molecule has 0 aliphatic carbocycles. The van der Waals surface area contributed by atoms with E-state index in [0.717, 1.165) is 11.3 Å². The first kappa shape index (κ1) is 14.1. The lowest BCUT2D eigenvalue weighted by atomic mass is 10.1. The fraction of sp³-hybridized carbons (Fsp3) is 0.231. The van der Waals surface area contributed by atoms with E-state index >= 15 is 0 Å². The maximum absolute atomic E-state index is 12.0. The normalized spacial score (nSPS) is 12.6. The molecule has 0 saturated carbocycles. The third-order valence-corrected chi connectivity index (χ3v) is 4.53. The van der Waals surface area contributed by atoms with Crippen molar-refractivity contribution in [2.24, 2.45) is 0 Å². The highest BCUT2D eigenvalue weighted by atomic mass is 32.2. The Morgan fingerprint density at radius 3 is 2.85 bits per heavy atom. The van der Waals surface area contributed by atoms with Gasteiger partial charge in [0.15, 0.2) is 5.25 Å². The summed E-state index contributed by atoms with van der Waals surface area (Å²) < 4.78 is 26.5. The van der Waals surface area contributed by atoms with Crippen LogP contribution >= 0.6 is 0 Å². The molecule has 0 aliphatic rings. The van der Waals surface area contributed by atoms with Crippen LogP contribution < -0.4 is 4.72 Å². The van der Waals surface area contributed by atoms with Gasteiger partial charge in [0.2, 0.25) is 10.0 Å². The minimum Gasteiger partial charge on any atom is -0.282 e. The summed E-state index contributed by atoms with van der Waals surface area (Å²) in [6.45, 7) is 1.66. The van der Waals surface area contributed by atoms with Crippen LogP contribution in [0.1, 0.15) is 13.3 Å². The summed E-state index contributed by atoms with van der Waals surface area (Å²) in [7, 11) is -3.70. The minimum atomic E-state index is -3.70. The van der Waals surface area contributed by atoms with Crippen LogP contribution in [0.5, 0.6) is 0 Å². The molecule has 1 atom stereocenters. The van der Waals surface area contributed by atoms with Gasteiger partial charge in [-0.25, -0.2) is 8.42 Å². The molecule has 2 aromatic rings. The highest BCUT2D eigenvalue weighted by Crippen LogP contribution is 2.22. The largest absolute Gasteiger partial charge is 0.282 e. The van der Waals surface area contributed by atoms with Gasteiger partial charge in [-0.3, -0.25) is 9.82 Å². The Morgan fingerprint density at radius 1 is 1.45 bits per heavy atom. The Bertz CT molecular complexity index is 717. The van der Waals surface area contributed by atoms with Crippen LogP contribution in [0.2, 0.25) is 0 Å². The maximum atomic E-state index is 12.0. The molecule has 1 heterocycles. The molecule has 6 nitrogen and oxygen atoms in total. The number of aromatic amines is 1.